The lowest BCUT2D eigenvalue weighted by Gasteiger charge is -2.22. The van der Waals surface area contributed by atoms with Crippen molar-refractivity contribution in [3.63, 3.8) is 0 Å². The monoisotopic (exact) mass is 154 g/mol. The summed E-state index contributed by atoms with van der Waals surface area (Å²) in [4.78, 5) is 10.3. The highest BCUT2D eigenvalue weighted by Gasteiger charge is 2.26. The molecule has 1 aliphatic carbocycles. The topological polar surface area (TPSA) is 57.5 Å². The van der Waals surface area contributed by atoms with Crippen LogP contribution in [0.3, 0.4) is 0 Å². The number of carboxylic acid groups (broad SMARTS) is 1. The largest absolute Gasteiger partial charge is 0.481 e. The van der Waals surface area contributed by atoms with Crippen molar-refractivity contribution in [1.29, 1.82) is 0 Å². The van der Waals surface area contributed by atoms with E-state index < -0.39 is 11.6 Å². The number of hydrogen-bond donors (Lipinski definition) is 2. The van der Waals surface area contributed by atoms with Crippen LogP contribution in [0.5, 0.6) is 0 Å². The minimum atomic E-state index is -1.17. The van der Waals surface area contributed by atoms with Gasteiger partial charge in [0.2, 0.25) is 0 Å². The predicted molar refractivity (Wildman–Crippen MR) is 40.1 cm³/mol. The van der Waals surface area contributed by atoms with Gasteiger partial charge in [-0.05, 0) is 6.42 Å². The number of aliphatic hydroxyl groups is 1. The fraction of sp³-hybridized carbons (Fsp3) is 0.375. The van der Waals surface area contributed by atoms with E-state index >= 15 is 0 Å². The third kappa shape index (κ3) is 2.20. The van der Waals surface area contributed by atoms with Gasteiger partial charge in [0.1, 0.15) is 0 Å². The van der Waals surface area contributed by atoms with Crippen molar-refractivity contribution in [2.75, 3.05) is 0 Å². The van der Waals surface area contributed by atoms with E-state index in [-0.39, 0.29) is 6.42 Å². The average Bonchev–Trinajstić information content (AvgIpc) is 1.85. The van der Waals surface area contributed by atoms with Gasteiger partial charge in [-0.2, -0.15) is 0 Å². The first kappa shape index (κ1) is 8.01. The fourth-order valence-electron chi connectivity index (χ4n) is 1.05. The molecule has 0 aromatic rings. The van der Waals surface area contributed by atoms with E-state index in [9.17, 15) is 9.90 Å². The Morgan fingerprint density at radius 2 is 2.27 bits per heavy atom. The van der Waals surface area contributed by atoms with Crippen LogP contribution in [0.1, 0.15) is 12.8 Å². The van der Waals surface area contributed by atoms with Crippen LogP contribution in [-0.2, 0) is 4.79 Å². The molecule has 0 heterocycles. The van der Waals surface area contributed by atoms with Gasteiger partial charge in [-0.15, -0.1) is 0 Å². The Hall–Kier alpha value is -1.09. The van der Waals surface area contributed by atoms with E-state index in [2.05, 4.69) is 0 Å². The summed E-state index contributed by atoms with van der Waals surface area (Å²) in [5.41, 5.74) is -1.17. The zero-order valence-corrected chi connectivity index (χ0v) is 6.03. The Labute approximate surface area is 64.7 Å². The van der Waals surface area contributed by atoms with Gasteiger partial charge in [-0.25, -0.2) is 0 Å². The van der Waals surface area contributed by atoms with Crippen LogP contribution in [0.25, 0.3) is 0 Å². The van der Waals surface area contributed by atoms with E-state index in [1.54, 1.807) is 18.2 Å². The Morgan fingerprint density at radius 3 is 2.73 bits per heavy atom. The van der Waals surface area contributed by atoms with Crippen molar-refractivity contribution in [2.24, 2.45) is 0 Å². The molecule has 60 valence electrons. The van der Waals surface area contributed by atoms with Crippen molar-refractivity contribution in [3.8, 4) is 0 Å². The summed E-state index contributed by atoms with van der Waals surface area (Å²) in [6.07, 6.45) is 6.87. The van der Waals surface area contributed by atoms with E-state index in [1.807, 2.05) is 0 Å². The van der Waals surface area contributed by atoms with E-state index in [0.717, 1.165) is 0 Å². The first-order valence-corrected chi connectivity index (χ1v) is 3.41. The van der Waals surface area contributed by atoms with Crippen molar-refractivity contribution < 1.29 is 15.0 Å². The molecule has 1 aliphatic rings. The molecule has 0 fully saturated rings. The van der Waals surface area contributed by atoms with Gasteiger partial charge in [-0.3, -0.25) is 4.79 Å². The van der Waals surface area contributed by atoms with Crippen molar-refractivity contribution in [1.82, 2.24) is 0 Å². The summed E-state index contributed by atoms with van der Waals surface area (Å²) in [6.45, 7) is 0. The molecule has 0 aromatic carbocycles. The molecule has 3 nitrogen and oxygen atoms in total. The first-order valence-electron chi connectivity index (χ1n) is 3.41. The van der Waals surface area contributed by atoms with Crippen LogP contribution >= 0.6 is 0 Å². The second-order valence-electron chi connectivity index (χ2n) is 2.67. The molecule has 0 spiro atoms. The van der Waals surface area contributed by atoms with Crippen LogP contribution < -0.4 is 0 Å². The Balaban J connectivity index is 2.61. The Morgan fingerprint density at radius 1 is 1.55 bits per heavy atom. The lowest BCUT2D eigenvalue weighted by atomic mass is 9.92. The second-order valence-corrected chi connectivity index (χ2v) is 2.67. The molecule has 1 unspecified atom stereocenters. The number of rotatable bonds is 2. The average molecular weight is 154 g/mol. The van der Waals surface area contributed by atoms with Crippen LogP contribution in [0.4, 0.5) is 0 Å². The van der Waals surface area contributed by atoms with Crippen LogP contribution in [0.15, 0.2) is 24.3 Å². The molecule has 2 N–H and O–H groups in total. The number of carbonyl (C=O) groups is 1. The predicted octanol–water partition coefficient (Wildman–Crippen LogP) is 0.708. The normalized spacial score (nSPS) is 28.8. The van der Waals surface area contributed by atoms with Crippen LogP contribution in [-0.4, -0.2) is 21.8 Å². The number of aliphatic carboxylic acids is 1. The number of hydrogen-bond acceptors (Lipinski definition) is 2. The highest BCUT2D eigenvalue weighted by Crippen LogP contribution is 2.20. The molecule has 0 aromatic heterocycles. The minimum Gasteiger partial charge on any atom is -0.481 e. The molecule has 3 heteroatoms. The van der Waals surface area contributed by atoms with Crippen LogP contribution in [0.2, 0.25) is 0 Å². The summed E-state index contributed by atoms with van der Waals surface area (Å²) in [5.74, 6) is -0.979. The SMILES string of the molecule is O=C(O)CC1(O)C=CC=CC1. The lowest BCUT2D eigenvalue weighted by Crippen LogP contribution is -2.29. The standard InChI is InChI=1S/C8H10O3/c9-7(10)6-8(11)4-2-1-3-5-8/h1-4,11H,5-6H2,(H,9,10). The fourth-order valence-corrected chi connectivity index (χ4v) is 1.05. The van der Waals surface area contributed by atoms with Crippen molar-refractivity contribution in [2.45, 2.75) is 18.4 Å². The molecule has 0 amide bonds. The molecule has 0 saturated carbocycles. The van der Waals surface area contributed by atoms with E-state index in [4.69, 9.17) is 5.11 Å². The summed E-state index contributed by atoms with van der Waals surface area (Å²) >= 11 is 0. The number of carboxylic acids is 1. The molecular weight excluding hydrogens is 144 g/mol. The van der Waals surface area contributed by atoms with Gasteiger partial charge in [0.15, 0.2) is 0 Å². The second kappa shape index (κ2) is 2.88. The zero-order chi connectivity index (χ0) is 8.32. The lowest BCUT2D eigenvalue weighted by molar-refractivity contribution is -0.140. The Bertz CT molecular complexity index is 217. The molecular formula is C8H10O3. The zero-order valence-electron chi connectivity index (χ0n) is 6.03. The molecule has 1 atom stereocenters. The van der Waals surface area contributed by atoms with E-state index in [0.29, 0.717) is 6.42 Å². The van der Waals surface area contributed by atoms with Crippen molar-refractivity contribution in [3.05, 3.63) is 24.3 Å². The summed E-state index contributed by atoms with van der Waals surface area (Å²) < 4.78 is 0. The third-order valence-corrected chi connectivity index (χ3v) is 1.58. The van der Waals surface area contributed by atoms with Crippen LogP contribution in [0, 0.1) is 0 Å². The molecule has 11 heavy (non-hydrogen) atoms. The highest BCUT2D eigenvalue weighted by molar-refractivity contribution is 5.68. The molecule has 0 aliphatic heterocycles. The Kier molecular flexibility index (Phi) is 2.10. The minimum absolute atomic E-state index is 0.228. The maximum Gasteiger partial charge on any atom is 0.306 e. The smallest absolute Gasteiger partial charge is 0.306 e. The van der Waals surface area contributed by atoms with Gasteiger partial charge < -0.3 is 10.2 Å². The van der Waals surface area contributed by atoms with Gasteiger partial charge >= 0.3 is 5.97 Å². The summed E-state index contributed by atoms with van der Waals surface area (Å²) in [6, 6.07) is 0. The quantitative estimate of drug-likeness (QED) is 0.615. The van der Waals surface area contributed by atoms with Gasteiger partial charge in [-0.1, -0.05) is 24.3 Å². The van der Waals surface area contributed by atoms with Gasteiger partial charge in [0.25, 0.3) is 0 Å². The maximum absolute atomic E-state index is 10.3. The summed E-state index contributed by atoms with van der Waals surface area (Å²) in [7, 11) is 0. The molecule has 0 radical (unpaired) electrons. The molecule has 1 rings (SSSR count). The maximum atomic E-state index is 10.3. The third-order valence-electron chi connectivity index (χ3n) is 1.58. The summed E-state index contributed by atoms with van der Waals surface area (Å²) in [5, 5.41) is 17.9. The van der Waals surface area contributed by atoms with Gasteiger partial charge in [0.05, 0.1) is 12.0 Å². The van der Waals surface area contributed by atoms with E-state index in [1.165, 1.54) is 6.08 Å². The number of allylic oxidation sites excluding steroid dienone is 2. The molecule has 0 saturated heterocycles. The highest BCUT2D eigenvalue weighted by atomic mass is 16.4. The van der Waals surface area contributed by atoms with Gasteiger partial charge in [0, 0.05) is 0 Å². The first-order chi connectivity index (χ1) is 5.12. The van der Waals surface area contributed by atoms with Crippen molar-refractivity contribution >= 4 is 5.97 Å². The molecule has 0 bridgehead atoms.